The quantitative estimate of drug-likeness (QED) is 0.842. The van der Waals surface area contributed by atoms with Crippen molar-refractivity contribution in [1.29, 1.82) is 0 Å². The van der Waals surface area contributed by atoms with Crippen molar-refractivity contribution in [3.63, 3.8) is 0 Å². The Morgan fingerprint density at radius 3 is 3.11 bits per heavy atom. The Morgan fingerprint density at radius 2 is 2.42 bits per heavy atom. The highest BCUT2D eigenvalue weighted by molar-refractivity contribution is 9.11. The van der Waals surface area contributed by atoms with Crippen LogP contribution in [0.1, 0.15) is 29.2 Å². The molecule has 0 N–H and O–H groups in total. The smallest absolute Gasteiger partial charge is 0.254 e. The Labute approximate surface area is 124 Å². The summed E-state index contributed by atoms with van der Waals surface area (Å²) in [6.45, 7) is 1.61. The number of rotatable bonds is 2. The molecule has 3 heterocycles. The molecule has 1 aliphatic rings. The maximum atomic E-state index is 12.4. The fourth-order valence-electron chi connectivity index (χ4n) is 2.47. The minimum absolute atomic E-state index is 0.131. The predicted molar refractivity (Wildman–Crippen MR) is 78.4 cm³/mol. The summed E-state index contributed by atoms with van der Waals surface area (Å²) in [4.78, 5) is 18.4. The van der Waals surface area contributed by atoms with Gasteiger partial charge in [0.05, 0.1) is 21.7 Å². The molecule has 0 bridgehead atoms. The van der Waals surface area contributed by atoms with Crippen molar-refractivity contribution in [2.45, 2.75) is 18.9 Å². The van der Waals surface area contributed by atoms with Gasteiger partial charge in [-0.25, -0.2) is 4.98 Å². The molecule has 0 unspecified atom stereocenters. The number of imidazole rings is 1. The van der Waals surface area contributed by atoms with E-state index in [1.165, 1.54) is 0 Å². The number of carbonyl (C=O) groups excluding carboxylic acids is 1. The molecule has 3 rings (SSSR count). The Hall–Kier alpha value is -1.14. The van der Waals surface area contributed by atoms with Gasteiger partial charge >= 0.3 is 0 Å². The molecule has 0 aromatic carbocycles. The van der Waals surface area contributed by atoms with Gasteiger partial charge in [-0.3, -0.25) is 4.79 Å². The predicted octanol–water partition coefficient (Wildman–Crippen LogP) is 3.18. The molecule has 0 saturated carbocycles. The van der Waals surface area contributed by atoms with Gasteiger partial charge in [0.1, 0.15) is 0 Å². The van der Waals surface area contributed by atoms with Crippen molar-refractivity contribution in [2.24, 2.45) is 0 Å². The van der Waals surface area contributed by atoms with Gasteiger partial charge in [0, 0.05) is 30.9 Å². The van der Waals surface area contributed by atoms with E-state index < -0.39 is 0 Å². The second kappa shape index (κ2) is 5.46. The highest BCUT2D eigenvalue weighted by Crippen LogP contribution is 2.25. The number of amides is 1. The summed E-state index contributed by atoms with van der Waals surface area (Å²) in [6.07, 6.45) is 7.74. The zero-order valence-corrected chi connectivity index (χ0v) is 12.7. The summed E-state index contributed by atoms with van der Waals surface area (Å²) in [5.74, 6) is 0.131. The highest BCUT2D eigenvalue weighted by Gasteiger charge is 2.25. The molecule has 4 nitrogen and oxygen atoms in total. The largest absolute Gasteiger partial charge is 0.337 e. The van der Waals surface area contributed by atoms with Crippen molar-refractivity contribution in [3.05, 3.63) is 39.5 Å². The van der Waals surface area contributed by atoms with Crippen LogP contribution in [0, 0.1) is 0 Å². The average molecular weight is 340 g/mol. The summed E-state index contributed by atoms with van der Waals surface area (Å²) < 4.78 is 3.10. The number of piperidine rings is 1. The normalized spacial score (nSPS) is 19.6. The van der Waals surface area contributed by atoms with E-state index in [4.69, 9.17) is 0 Å². The maximum absolute atomic E-state index is 12.4. The summed E-state index contributed by atoms with van der Waals surface area (Å²) in [5, 5.41) is 1.91. The number of aromatic nitrogens is 2. The third-order valence-corrected chi connectivity index (χ3v) is 4.95. The van der Waals surface area contributed by atoms with E-state index in [2.05, 4.69) is 25.5 Å². The molecule has 100 valence electrons. The second-order valence-electron chi connectivity index (χ2n) is 4.70. The molecule has 2 aromatic heterocycles. The summed E-state index contributed by atoms with van der Waals surface area (Å²) >= 11 is 4.95. The summed E-state index contributed by atoms with van der Waals surface area (Å²) in [5.41, 5.74) is 0.781. The number of nitrogens with zero attached hydrogens (tertiary/aromatic N) is 3. The van der Waals surface area contributed by atoms with Crippen molar-refractivity contribution in [1.82, 2.24) is 14.5 Å². The number of hydrogen-bond acceptors (Lipinski definition) is 3. The van der Waals surface area contributed by atoms with Crippen LogP contribution in [0.5, 0.6) is 0 Å². The first-order chi connectivity index (χ1) is 9.24. The fourth-order valence-corrected chi connectivity index (χ4v) is 3.60. The molecule has 1 atom stereocenters. The standard InChI is InChI=1S/C13H14BrN3OS/c14-12-6-10(8-19-12)13(18)16-4-1-2-11(7-16)17-5-3-15-9-17/h3,5-6,8-9,11H,1-2,4,7H2/t11-/m1/s1. The summed E-state index contributed by atoms with van der Waals surface area (Å²) in [6, 6.07) is 2.25. The monoisotopic (exact) mass is 339 g/mol. The van der Waals surface area contributed by atoms with Crippen LogP contribution >= 0.6 is 27.3 Å². The SMILES string of the molecule is O=C(c1csc(Br)c1)N1CCC[C@@H](n2ccnc2)C1. The zero-order valence-electron chi connectivity index (χ0n) is 10.3. The molecule has 1 saturated heterocycles. The van der Waals surface area contributed by atoms with E-state index in [0.29, 0.717) is 6.04 Å². The van der Waals surface area contributed by atoms with Gasteiger partial charge in [0.15, 0.2) is 0 Å². The lowest BCUT2D eigenvalue weighted by Gasteiger charge is -2.33. The van der Waals surface area contributed by atoms with Crippen molar-refractivity contribution >= 4 is 33.2 Å². The Bertz CT molecular complexity index is 566. The van der Waals surface area contributed by atoms with Gasteiger partial charge in [-0.2, -0.15) is 0 Å². The van der Waals surface area contributed by atoms with Gasteiger partial charge in [-0.1, -0.05) is 0 Å². The van der Waals surface area contributed by atoms with Crippen LogP contribution in [0.4, 0.5) is 0 Å². The van der Waals surface area contributed by atoms with Gasteiger partial charge in [-0.05, 0) is 34.8 Å². The Balaban J connectivity index is 1.73. The molecular formula is C13H14BrN3OS. The van der Waals surface area contributed by atoms with Crippen LogP contribution < -0.4 is 0 Å². The van der Waals surface area contributed by atoms with Gasteiger partial charge in [0.2, 0.25) is 0 Å². The van der Waals surface area contributed by atoms with Crippen LogP contribution in [0.2, 0.25) is 0 Å². The molecule has 0 radical (unpaired) electrons. The lowest BCUT2D eigenvalue weighted by Crippen LogP contribution is -2.40. The molecular weight excluding hydrogens is 326 g/mol. The fraction of sp³-hybridized carbons (Fsp3) is 0.385. The van der Waals surface area contributed by atoms with Crippen LogP contribution in [0.3, 0.4) is 0 Å². The molecule has 6 heteroatoms. The molecule has 0 aliphatic carbocycles. The van der Waals surface area contributed by atoms with Gasteiger partial charge in [0.25, 0.3) is 5.91 Å². The Morgan fingerprint density at radius 1 is 1.53 bits per heavy atom. The van der Waals surface area contributed by atoms with E-state index in [9.17, 15) is 4.79 Å². The first kappa shape index (κ1) is 12.9. The molecule has 2 aromatic rings. The van der Waals surface area contributed by atoms with E-state index in [1.54, 1.807) is 17.5 Å². The van der Waals surface area contributed by atoms with Crippen LogP contribution in [-0.4, -0.2) is 33.4 Å². The third kappa shape index (κ3) is 2.74. The lowest BCUT2D eigenvalue weighted by atomic mass is 10.0. The molecule has 19 heavy (non-hydrogen) atoms. The second-order valence-corrected chi connectivity index (χ2v) is 6.99. The molecule has 1 fully saturated rings. The van der Waals surface area contributed by atoms with Crippen molar-refractivity contribution < 1.29 is 4.79 Å². The minimum atomic E-state index is 0.131. The van der Waals surface area contributed by atoms with Crippen LogP contribution in [-0.2, 0) is 0 Å². The topological polar surface area (TPSA) is 38.1 Å². The molecule has 0 spiro atoms. The van der Waals surface area contributed by atoms with E-state index in [-0.39, 0.29) is 5.91 Å². The van der Waals surface area contributed by atoms with Gasteiger partial charge < -0.3 is 9.47 Å². The average Bonchev–Trinajstić information content (AvgIpc) is 3.09. The number of hydrogen-bond donors (Lipinski definition) is 0. The Kier molecular flexibility index (Phi) is 3.70. The third-order valence-electron chi connectivity index (χ3n) is 3.44. The van der Waals surface area contributed by atoms with Gasteiger partial charge in [-0.15, -0.1) is 11.3 Å². The molecule has 1 amide bonds. The van der Waals surface area contributed by atoms with Crippen LogP contribution in [0.25, 0.3) is 0 Å². The first-order valence-corrected chi connectivity index (χ1v) is 7.92. The maximum Gasteiger partial charge on any atom is 0.254 e. The van der Waals surface area contributed by atoms with Crippen LogP contribution in [0.15, 0.2) is 34.0 Å². The lowest BCUT2D eigenvalue weighted by molar-refractivity contribution is 0.0680. The minimum Gasteiger partial charge on any atom is -0.337 e. The first-order valence-electron chi connectivity index (χ1n) is 6.25. The van der Waals surface area contributed by atoms with E-state index in [0.717, 1.165) is 35.3 Å². The van der Waals surface area contributed by atoms with Crippen molar-refractivity contribution in [3.8, 4) is 0 Å². The number of carbonyl (C=O) groups is 1. The number of halogens is 1. The van der Waals surface area contributed by atoms with E-state index in [1.807, 2.05) is 28.9 Å². The van der Waals surface area contributed by atoms with Crippen molar-refractivity contribution in [2.75, 3.05) is 13.1 Å². The zero-order chi connectivity index (χ0) is 13.2. The van der Waals surface area contributed by atoms with E-state index >= 15 is 0 Å². The number of likely N-dealkylation sites (tertiary alicyclic amines) is 1. The number of thiophene rings is 1. The molecule has 1 aliphatic heterocycles. The summed E-state index contributed by atoms with van der Waals surface area (Å²) in [7, 11) is 0. The highest BCUT2D eigenvalue weighted by atomic mass is 79.9.